The van der Waals surface area contributed by atoms with Crippen LogP contribution in [0.2, 0.25) is 0 Å². The summed E-state index contributed by atoms with van der Waals surface area (Å²) in [5, 5.41) is 0. The number of fused-ring (bicyclic) bond motifs is 5. The molecule has 6 rings (SSSR count). The van der Waals surface area contributed by atoms with Gasteiger partial charge in [0.15, 0.2) is 5.75 Å². The highest BCUT2D eigenvalue weighted by Crippen LogP contribution is 2.53. The van der Waals surface area contributed by atoms with Crippen molar-refractivity contribution in [1.82, 2.24) is 4.57 Å². The zero-order valence-electron chi connectivity index (χ0n) is 16.4. The maximum absolute atomic E-state index is 13.1. The molecule has 1 aromatic carbocycles. The summed E-state index contributed by atoms with van der Waals surface area (Å²) in [7, 11) is 0. The third-order valence-corrected chi connectivity index (χ3v) is 7.99. The van der Waals surface area contributed by atoms with Crippen molar-refractivity contribution in [3.8, 4) is 11.5 Å². The lowest BCUT2D eigenvalue weighted by Crippen LogP contribution is -2.38. The number of alkyl halides is 3. The van der Waals surface area contributed by atoms with Gasteiger partial charge in [-0.15, -0.1) is 11.3 Å². The highest BCUT2D eigenvalue weighted by atomic mass is 32.1. The third kappa shape index (κ3) is 2.56. The van der Waals surface area contributed by atoms with Crippen molar-refractivity contribution >= 4 is 34.2 Å². The number of para-hydroxylation sites is 1. The van der Waals surface area contributed by atoms with E-state index in [1.54, 1.807) is 4.57 Å². The minimum absolute atomic E-state index is 0.00585. The Morgan fingerprint density at radius 2 is 1.97 bits per heavy atom. The summed E-state index contributed by atoms with van der Waals surface area (Å²) in [5.74, 6) is 0.604. The lowest BCUT2D eigenvalue weighted by molar-refractivity contribution is -0.134. The largest absolute Gasteiger partial charge is 0.453 e. The number of rotatable bonds is 2. The van der Waals surface area contributed by atoms with E-state index in [9.17, 15) is 18.0 Å². The Hall–Kier alpha value is -2.85. The van der Waals surface area contributed by atoms with Crippen LogP contribution in [-0.2, 0) is 24.7 Å². The fourth-order valence-corrected chi connectivity index (χ4v) is 6.27. The van der Waals surface area contributed by atoms with Crippen LogP contribution in [-0.4, -0.2) is 16.3 Å². The van der Waals surface area contributed by atoms with Crippen molar-refractivity contribution in [1.29, 1.82) is 0 Å². The van der Waals surface area contributed by atoms with Crippen molar-refractivity contribution in [2.75, 3.05) is 11.7 Å². The van der Waals surface area contributed by atoms with E-state index in [2.05, 4.69) is 0 Å². The molecule has 10 heteroatoms. The van der Waals surface area contributed by atoms with Gasteiger partial charge in [-0.2, -0.15) is 13.2 Å². The molecule has 3 aliphatic rings. The maximum atomic E-state index is 13.1. The molecule has 0 fully saturated rings. The Morgan fingerprint density at radius 3 is 2.75 bits per heavy atom. The molecule has 2 aromatic heterocycles. The van der Waals surface area contributed by atoms with Crippen LogP contribution in [0, 0.1) is 0 Å². The van der Waals surface area contributed by atoms with Crippen LogP contribution in [0.25, 0.3) is 0 Å². The number of hydrogen-bond acceptors (Lipinski definition) is 5. The van der Waals surface area contributed by atoms with Crippen molar-refractivity contribution in [2.45, 2.75) is 31.1 Å². The zero-order valence-corrected chi connectivity index (χ0v) is 18.1. The van der Waals surface area contributed by atoms with Crippen LogP contribution in [0.1, 0.15) is 27.4 Å². The Bertz CT molecular complexity index is 1350. The van der Waals surface area contributed by atoms with Crippen LogP contribution in [0.3, 0.4) is 0 Å². The van der Waals surface area contributed by atoms with Gasteiger partial charge in [-0.25, -0.2) is 0 Å². The summed E-state index contributed by atoms with van der Waals surface area (Å²) in [6.07, 6.45) is -3.79. The van der Waals surface area contributed by atoms with Gasteiger partial charge in [0.2, 0.25) is 12.5 Å². The van der Waals surface area contributed by atoms with Gasteiger partial charge in [0.1, 0.15) is 4.88 Å². The maximum Gasteiger partial charge on any atom is 0.425 e. The summed E-state index contributed by atoms with van der Waals surface area (Å²) in [5.41, 5.74) is 1.54. The predicted octanol–water partition coefficient (Wildman–Crippen LogP) is 4.69. The van der Waals surface area contributed by atoms with Crippen LogP contribution in [0.5, 0.6) is 11.5 Å². The van der Waals surface area contributed by atoms with Gasteiger partial charge in [-0.3, -0.25) is 4.79 Å². The third-order valence-electron chi connectivity index (χ3n) is 6.31. The number of thiocarbonyl (C=S) groups is 1. The van der Waals surface area contributed by atoms with Gasteiger partial charge < -0.3 is 18.9 Å². The molecule has 0 radical (unpaired) electrons. The van der Waals surface area contributed by atoms with Gasteiger partial charge in [-0.05, 0) is 30.2 Å². The number of ether oxygens (including phenoxy) is 2. The SMILES string of the molecule is O=c1c2c(cc3n1CCC31C(=S)N(Cc3ccc(C(F)(F)F)s3)c3ccccc31)OCO2. The summed E-state index contributed by atoms with van der Waals surface area (Å²) in [6.45, 7) is 0.686. The fraction of sp³-hybridized carbons (Fsp3) is 0.273. The molecule has 1 atom stereocenters. The Morgan fingerprint density at radius 1 is 1.16 bits per heavy atom. The average Bonchev–Trinajstić information content (AvgIpc) is 3.53. The molecule has 0 saturated carbocycles. The molecule has 164 valence electrons. The fourth-order valence-electron chi connectivity index (χ4n) is 4.92. The molecular formula is C22H15F3N2O3S2. The number of nitrogens with zero attached hydrogens (tertiary/aromatic N) is 2. The lowest BCUT2D eigenvalue weighted by Gasteiger charge is -2.27. The first-order valence-electron chi connectivity index (χ1n) is 9.92. The smallest absolute Gasteiger partial charge is 0.425 e. The molecule has 0 aliphatic carbocycles. The molecule has 0 amide bonds. The van der Waals surface area contributed by atoms with Gasteiger partial charge in [0.05, 0.1) is 16.9 Å². The molecule has 5 nitrogen and oxygen atoms in total. The van der Waals surface area contributed by atoms with Crippen LogP contribution < -0.4 is 19.9 Å². The van der Waals surface area contributed by atoms with Crippen LogP contribution in [0.4, 0.5) is 18.9 Å². The second-order valence-corrected chi connectivity index (χ2v) is 9.47. The molecule has 5 heterocycles. The topological polar surface area (TPSA) is 43.7 Å². The average molecular weight is 477 g/mol. The Balaban J connectivity index is 1.47. The predicted molar refractivity (Wildman–Crippen MR) is 117 cm³/mol. The normalized spacial score (nSPS) is 20.8. The monoisotopic (exact) mass is 476 g/mol. The molecule has 0 N–H and O–H groups in total. The first kappa shape index (κ1) is 19.8. The molecule has 1 unspecified atom stereocenters. The first-order valence-corrected chi connectivity index (χ1v) is 11.1. The number of thiophene rings is 1. The van der Waals surface area contributed by atoms with E-state index in [4.69, 9.17) is 21.7 Å². The first-order chi connectivity index (χ1) is 15.3. The van der Waals surface area contributed by atoms with Gasteiger partial charge in [0, 0.05) is 28.9 Å². The lowest BCUT2D eigenvalue weighted by atomic mass is 9.78. The number of halogens is 3. The summed E-state index contributed by atoms with van der Waals surface area (Å²) >= 11 is 6.69. The Labute approximate surface area is 189 Å². The van der Waals surface area contributed by atoms with E-state index in [1.165, 1.54) is 6.07 Å². The number of hydrogen-bond donors (Lipinski definition) is 0. The van der Waals surface area contributed by atoms with Crippen molar-refractivity contribution < 1.29 is 22.6 Å². The van der Waals surface area contributed by atoms with E-state index in [0.29, 0.717) is 28.6 Å². The number of benzene rings is 1. The summed E-state index contributed by atoms with van der Waals surface area (Å²) in [6, 6.07) is 12.1. The molecule has 0 bridgehead atoms. The second kappa shape index (κ2) is 6.58. The van der Waals surface area contributed by atoms with E-state index in [-0.39, 0.29) is 24.6 Å². The van der Waals surface area contributed by atoms with Gasteiger partial charge in [0.25, 0.3) is 5.56 Å². The minimum Gasteiger partial charge on any atom is -0.453 e. The molecule has 3 aromatic rings. The standard InChI is InChI=1S/C22H15F3N2O3S2/c23-22(24,25)17-6-5-12(32-17)10-27-14-4-2-1-3-13(14)21(20(27)31)7-8-26-16(21)9-15-18(19(26)28)30-11-29-15/h1-6,9H,7-8,10-11H2. The summed E-state index contributed by atoms with van der Waals surface area (Å²) in [4.78, 5) is 15.4. The second-order valence-electron chi connectivity index (χ2n) is 7.91. The summed E-state index contributed by atoms with van der Waals surface area (Å²) < 4.78 is 51.8. The van der Waals surface area contributed by atoms with E-state index >= 15 is 0 Å². The van der Waals surface area contributed by atoms with Gasteiger partial charge in [-0.1, -0.05) is 30.4 Å². The molecular weight excluding hydrogens is 461 g/mol. The number of pyridine rings is 1. The highest BCUT2D eigenvalue weighted by Gasteiger charge is 2.53. The number of anilines is 1. The molecule has 0 saturated heterocycles. The van der Waals surface area contributed by atoms with E-state index in [0.717, 1.165) is 34.3 Å². The van der Waals surface area contributed by atoms with Crippen molar-refractivity contribution in [3.05, 3.63) is 73.8 Å². The van der Waals surface area contributed by atoms with E-state index in [1.807, 2.05) is 35.2 Å². The quantitative estimate of drug-likeness (QED) is 0.502. The van der Waals surface area contributed by atoms with E-state index < -0.39 is 16.5 Å². The van der Waals surface area contributed by atoms with Crippen molar-refractivity contribution in [2.24, 2.45) is 0 Å². The zero-order chi connectivity index (χ0) is 22.3. The van der Waals surface area contributed by atoms with Crippen LogP contribution in [0.15, 0.2) is 47.3 Å². The molecule has 1 spiro atoms. The minimum atomic E-state index is -4.37. The number of aromatic nitrogens is 1. The van der Waals surface area contributed by atoms with Gasteiger partial charge >= 0.3 is 6.18 Å². The molecule has 3 aliphatic heterocycles. The molecule has 32 heavy (non-hydrogen) atoms. The Kier molecular flexibility index (Phi) is 4.07. The van der Waals surface area contributed by atoms with Crippen LogP contribution >= 0.6 is 23.6 Å². The highest BCUT2D eigenvalue weighted by molar-refractivity contribution is 7.80. The van der Waals surface area contributed by atoms with Crippen molar-refractivity contribution in [3.63, 3.8) is 0 Å².